The fourth-order valence-corrected chi connectivity index (χ4v) is 3.21. The number of nitriles is 1. The number of hydrogen-bond acceptors (Lipinski definition) is 8. The van der Waals surface area contributed by atoms with Crippen LogP contribution < -0.4 is 5.32 Å². The smallest absolute Gasteiger partial charge is 0.320 e. The lowest BCUT2D eigenvalue weighted by Gasteiger charge is -2.13. The number of aromatic nitrogens is 9. The standard InChI is InChI=1S/C19H10F3N11O/c20-19(21,22)16-13(9-28-33(16)32-15-2-1-3-24-14(15)10-29-32)18(34)30-12-6-11(7-23)17(25-8-12)31-26-4-5-27-31/h1-6,8-10H,(H,30,34). The van der Waals surface area contributed by atoms with Crippen LogP contribution in [-0.4, -0.2) is 50.6 Å². The summed E-state index contributed by atoms with van der Waals surface area (Å²) in [6.07, 6.45) is 2.52. The first-order chi connectivity index (χ1) is 16.4. The zero-order valence-electron chi connectivity index (χ0n) is 16.7. The average Bonchev–Trinajstić information content (AvgIpc) is 3.57. The minimum absolute atomic E-state index is 0.00347. The molecule has 0 aromatic carbocycles. The Kier molecular flexibility index (Phi) is 4.75. The lowest BCUT2D eigenvalue weighted by atomic mass is 10.2. The van der Waals surface area contributed by atoms with E-state index >= 15 is 0 Å². The average molecular weight is 465 g/mol. The van der Waals surface area contributed by atoms with Gasteiger partial charge in [-0.05, 0) is 18.2 Å². The summed E-state index contributed by atoms with van der Waals surface area (Å²) in [5.41, 5.74) is -1.50. The van der Waals surface area contributed by atoms with Crippen molar-refractivity contribution in [3.63, 3.8) is 0 Å². The highest BCUT2D eigenvalue weighted by Gasteiger charge is 2.41. The molecular weight excluding hydrogens is 455 g/mol. The van der Waals surface area contributed by atoms with Gasteiger partial charge in [0, 0.05) is 6.20 Å². The van der Waals surface area contributed by atoms with Crippen LogP contribution in [0.2, 0.25) is 0 Å². The van der Waals surface area contributed by atoms with Gasteiger partial charge in [0.05, 0.1) is 42.2 Å². The fourth-order valence-electron chi connectivity index (χ4n) is 3.21. The monoisotopic (exact) mass is 465 g/mol. The number of alkyl halides is 3. The molecule has 168 valence electrons. The number of pyridine rings is 2. The van der Waals surface area contributed by atoms with Crippen LogP contribution in [0.3, 0.4) is 0 Å². The summed E-state index contributed by atoms with van der Waals surface area (Å²) in [5.74, 6) is -1.02. The Morgan fingerprint density at radius 2 is 1.76 bits per heavy atom. The second kappa shape index (κ2) is 7.78. The van der Waals surface area contributed by atoms with E-state index in [4.69, 9.17) is 0 Å². The summed E-state index contributed by atoms with van der Waals surface area (Å²) in [5, 5.41) is 27.1. The Hall–Kier alpha value is -5.13. The summed E-state index contributed by atoms with van der Waals surface area (Å²) >= 11 is 0. The van der Waals surface area contributed by atoms with Crippen molar-refractivity contribution in [1.29, 1.82) is 5.26 Å². The molecule has 1 N–H and O–H groups in total. The maximum atomic E-state index is 14.0. The van der Waals surface area contributed by atoms with E-state index in [2.05, 4.69) is 35.7 Å². The van der Waals surface area contributed by atoms with Gasteiger partial charge in [0.1, 0.15) is 22.7 Å². The number of halogens is 3. The lowest BCUT2D eigenvalue weighted by Crippen LogP contribution is -2.25. The van der Waals surface area contributed by atoms with Crippen LogP contribution in [-0.2, 0) is 6.18 Å². The van der Waals surface area contributed by atoms with Crippen molar-refractivity contribution in [2.45, 2.75) is 6.18 Å². The van der Waals surface area contributed by atoms with Crippen LogP contribution in [0, 0.1) is 11.3 Å². The van der Waals surface area contributed by atoms with Crippen molar-refractivity contribution in [2.24, 2.45) is 0 Å². The third-order valence-corrected chi connectivity index (χ3v) is 4.62. The van der Waals surface area contributed by atoms with Crippen LogP contribution in [0.5, 0.6) is 0 Å². The van der Waals surface area contributed by atoms with Gasteiger partial charge in [0.2, 0.25) is 0 Å². The van der Waals surface area contributed by atoms with E-state index in [0.717, 1.165) is 15.8 Å². The molecule has 5 heterocycles. The van der Waals surface area contributed by atoms with Crippen LogP contribution in [0.1, 0.15) is 21.6 Å². The van der Waals surface area contributed by atoms with Gasteiger partial charge in [-0.2, -0.15) is 38.8 Å². The first-order valence-corrected chi connectivity index (χ1v) is 9.39. The summed E-state index contributed by atoms with van der Waals surface area (Å²) in [6.45, 7) is 0. The molecule has 0 aliphatic heterocycles. The summed E-state index contributed by atoms with van der Waals surface area (Å²) < 4.78 is 42.0. The van der Waals surface area contributed by atoms with Crippen LogP contribution >= 0.6 is 0 Å². The second-order valence-electron chi connectivity index (χ2n) is 6.72. The Balaban J connectivity index is 1.52. The van der Waals surface area contributed by atoms with Gasteiger partial charge in [-0.3, -0.25) is 9.78 Å². The molecule has 0 aliphatic rings. The molecule has 12 nitrogen and oxygen atoms in total. The topological polar surface area (TPSA) is 145 Å². The molecule has 0 bridgehead atoms. The molecule has 5 aromatic rings. The number of hydrogen-bond donors (Lipinski definition) is 1. The Bertz CT molecular complexity index is 1560. The SMILES string of the molecule is N#Cc1cc(NC(=O)c2cnn(-n3ncc4ncccc43)c2C(F)(F)F)cnc1-n1nccn1. The highest BCUT2D eigenvalue weighted by atomic mass is 19.4. The number of nitrogens with zero attached hydrogens (tertiary/aromatic N) is 10. The van der Waals surface area contributed by atoms with Gasteiger partial charge in [-0.1, -0.05) is 0 Å². The maximum absolute atomic E-state index is 14.0. The maximum Gasteiger partial charge on any atom is 0.436 e. The quantitative estimate of drug-likeness (QED) is 0.425. The van der Waals surface area contributed by atoms with Crippen molar-refractivity contribution in [3.8, 4) is 11.9 Å². The van der Waals surface area contributed by atoms with Gasteiger partial charge >= 0.3 is 6.18 Å². The van der Waals surface area contributed by atoms with Gasteiger partial charge in [-0.15, -0.1) is 14.4 Å². The van der Waals surface area contributed by atoms with Gasteiger partial charge in [0.15, 0.2) is 11.5 Å². The highest BCUT2D eigenvalue weighted by Crippen LogP contribution is 2.33. The van der Waals surface area contributed by atoms with Crippen molar-refractivity contribution >= 4 is 22.6 Å². The van der Waals surface area contributed by atoms with Gasteiger partial charge in [-0.25, -0.2) is 4.98 Å². The van der Waals surface area contributed by atoms with E-state index in [1.165, 1.54) is 49.2 Å². The third-order valence-electron chi connectivity index (χ3n) is 4.62. The normalized spacial score (nSPS) is 11.5. The van der Waals surface area contributed by atoms with E-state index in [-0.39, 0.29) is 22.6 Å². The fraction of sp³-hybridized carbons (Fsp3) is 0.0526. The Morgan fingerprint density at radius 3 is 2.50 bits per heavy atom. The van der Waals surface area contributed by atoms with Crippen LogP contribution in [0.4, 0.5) is 18.9 Å². The molecule has 0 saturated carbocycles. The summed E-state index contributed by atoms with van der Waals surface area (Å²) in [4.78, 5) is 23.3. The zero-order chi connectivity index (χ0) is 23.9. The molecule has 0 aliphatic carbocycles. The molecule has 0 saturated heterocycles. The van der Waals surface area contributed by atoms with Crippen molar-refractivity contribution in [1.82, 2.24) is 44.7 Å². The number of rotatable bonds is 4. The number of carbonyl (C=O) groups is 1. The van der Waals surface area contributed by atoms with Gasteiger partial charge in [0.25, 0.3) is 5.91 Å². The molecular formula is C19H10F3N11O. The van der Waals surface area contributed by atoms with E-state index in [9.17, 15) is 23.2 Å². The van der Waals surface area contributed by atoms with Crippen molar-refractivity contribution in [3.05, 3.63) is 72.2 Å². The number of anilines is 1. The van der Waals surface area contributed by atoms with E-state index in [0.29, 0.717) is 10.3 Å². The molecule has 15 heteroatoms. The first kappa shape index (κ1) is 20.8. The molecule has 5 rings (SSSR count). The van der Waals surface area contributed by atoms with E-state index < -0.39 is 23.3 Å². The Morgan fingerprint density at radius 1 is 1.00 bits per heavy atom. The van der Waals surface area contributed by atoms with Gasteiger partial charge < -0.3 is 5.32 Å². The number of carbonyl (C=O) groups excluding carboxylic acids is 1. The molecule has 34 heavy (non-hydrogen) atoms. The van der Waals surface area contributed by atoms with E-state index in [1.807, 2.05) is 6.07 Å². The van der Waals surface area contributed by atoms with Crippen LogP contribution in [0.15, 0.2) is 55.4 Å². The van der Waals surface area contributed by atoms with E-state index in [1.54, 1.807) is 0 Å². The molecule has 1 amide bonds. The van der Waals surface area contributed by atoms with Crippen LogP contribution in [0.25, 0.3) is 16.9 Å². The second-order valence-corrected chi connectivity index (χ2v) is 6.72. The molecule has 0 unspecified atom stereocenters. The third kappa shape index (κ3) is 3.48. The minimum Gasteiger partial charge on any atom is -0.320 e. The molecule has 0 fully saturated rings. The predicted octanol–water partition coefficient (Wildman–Crippen LogP) is 2.06. The highest BCUT2D eigenvalue weighted by molar-refractivity contribution is 6.05. The number of nitrogens with one attached hydrogen (secondary N) is 1. The molecule has 0 radical (unpaired) electrons. The van der Waals surface area contributed by atoms with Crippen molar-refractivity contribution < 1.29 is 18.0 Å². The molecule has 0 atom stereocenters. The Labute approximate surface area is 186 Å². The zero-order valence-corrected chi connectivity index (χ0v) is 16.7. The molecule has 5 aromatic heterocycles. The van der Waals surface area contributed by atoms with Crippen molar-refractivity contribution in [2.75, 3.05) is 5.32 Å². The number of fused-ring (bicyclic) bond motifs is 1. The predicted molar refractivity (Wildman–Crippen MR) is 107 cm³/mol. The number of amides is 1. The minimum atomic E-state index is -4.95. The summed E-state index contributed by atoms with van der Waals surface area (Å²) in [6, 6.07) is 6.18. The largest absolute Gasteiger partial charge is 0.436 e. The molecule has 0 spiro atoms. The lowest BCUT2D eigenvalue weighted by molar-refractivity contribution is -0.145. The summed E-state index contributed by atoms with van der Waals surface area (Å²) in [7, 11) is 0. The first-order valence-electron chi connectivity index (χ1n) is 9.39.